The maximum absolute atomic E-state index is 14.0. The van der Waals surface area contributed by atoms with Gasteiger partial charge in [-0.1, -0.05) is 23.8 Å². The van der Waals surface area contributed by atoms with Crippen molar-refractivity contribution in [2.24, 2.45) is 4.99 Å². The summed E-state index contributed by atoms with van der Waals surface area (Å²) in [5, 5.41) is 0. The minimum Gasteiger partial charge on any atom is -0.454 e. The molecule has 5 rings (SSSR count). The van der Waals surface area contributed by atoms with Crippen molar-refractivity contribution >= 4 is 21.5 Å². The van der Waals surface area contributed by atoms with Crippen molar-refractivity contribution in [1.29, 1.82) is 0 Å². The molecule has 0 aromatic heterocycles. The Morgan fingerprint density at radius 1 is 0.853 bits per heavy atom. The number of rotatable bonds is 2. The summed E-state index contributed by atoms with van der Waals surface area (Å²) >= 11 is 0. The van der Waals surface area contributed by atoms with Crippen LogP contribution in [0, 0.1) is 26.6 Å². The number of benzene rings is 3. The summed E-state index contributed by atoms with van der Waals surface area (Å²) in [7, 11) is -3.78. The third-order valence-corrected chi connectivity index (χ3v) is 8.15. The highest BCUT2D eigenvalue weighted by Gasteiger charge is 2.32. The van der Waals surface area contributed by atoms with E-state index in [1.165, 1.54) is 16.4 Å². The second-order valence-corrected chi connectivity index (χ2v) is 10.7. The largest absolute Gasteiger partial charge is 0.454 e. The van der Waals surface area contributed by atoms with E-state index >= 15 is 0 Å². The lowest BCUT2D eigenvalue weighted by Gasteiger charge is -2.36. The summed E-state index contributed by atoms with van der Waals surface area (Å²) < 4.78 is 47.9. The molecular weight excluding hydrogens is 453 g/mol. The molecule has 0 unspecified atom stereocenters. The van der Waals surface area contributed by atoms with Gasteiger partial charge in [0.05, 0.1) is 10.5 Å². The fourth-order valence-corrected chi connectivity index (χ4v) is 5.69. The van der Waals surface area contributed by atoms with Gasteiger partial charge in [0.2, 0.25) is 10.0 Å². The Bertz CT molecular complexity index is 1410. The Labute approximate surface area is 199 Å². The van der Waals surface area contributed by atoms with Crippen LogP contribution in [-0.4, -0.2) is 49.6 Å². The van der Waals surface area contributed by atoms with Gasteiger partial charge in [-0.25, -0.2) is 17.8 Å². The van der Waals surface area contributed by atoms with Crippen LogP contribution in [0.1, 0.15) is 22.3 Å². The first kappa shape index (κ1) is 22.6. The summed E-state index contributed by atoms with van der Waals surface area (Å²) in [6.45, 7) is 7.11. The number of piperazine rings is 1. The van der Waals surface area contributed by atoms with E-state index in [2.05, 4.69) is 4.90 Å². The Hall–Kier alpha value is -3.23. The summed E-state index contributed by atoms with van der Waals surface area (Å²) in [5.41, 5.74) is 4.20. The van der Waals surface area contributed by atoms with Crippen molar-refractivity contribution in [3.8, 4) is 11.5 Å². The van der Waals surface area contributed by atoms with Crippen molar-refractivity contribution in [3.63, 3.8) is 0 Å². The highest BCUT2D eigenvalue weighted by molar-refractivity contribution is 7.89. The van der Waals surface area contributed by atoms with Crippen molar-refractivity contribution in [1.82, 2.24) is 9.21 Å². The van der Waals surface area contributed by atoms with Crippen molar-refractivity contribution in [3.05, 3.63) is 82.7 Å². The Balaban J connectivity index is 1.45. The van der Waals surface area contributed by atoms with E-state index in [1.54, 1.807) is 6.92 Å². The zero-order chi connectivity index (χ0) is 24.0. The molecular formula is C26H26FN3O3S. The van der Waals surface area contributed by atoms with Crippen LogP contribution in [-0.2, 0) is 10.0 Å². The second-order valence-electron chi connectivity index (χ2n) is 8.81. The van der Waals surface area contributed by atoms with Crippen molar-refractivity contribution < 1.29 is 17.5 Å². The van der Waals surface area contributed by atoms with Gasteiger partial charge in [0.1, 0.15) is 23.1 Å². The molecule has 1 saturated heterocycles. The lowest BCUT2D eigenvalue weighted by molar-refractivity contribution is 0.266. The minimum absolute atomic E-state index is 0.0190. The van der Waals surface area contributed by atoms with E-state index < -0.39 is 15.8 Å². The number of aryl methyl sites for hydroxylation is 3. The van der Waals surface area contributed by atoms with Crippen molar-refractivity contribution in [2.75, 3.05) is 26.2 Å². The van der Waals surface area contributed by atoms with Crippen LogP contribution in [0.25, 0.3) is 0 Å². The lowest BCUT2D eigenvalue weighted by Crippen LogP contribution is -2.50. The molecule has 176 valence electrons. The molecule has 0 N–H and O–H groups in total. The molecule has 3 aromatic carbocycles. The molecule has 0 aliphatic carbocycles. The van der Waals surface area contributed by atoms with Gasteiger partial charge in [-0.15, -0.1) is 0 Å². The Morgan fingerprint density at radius 3 is 2.29 bits per heavy atom. The molecule has 0 radical (unpaired) electrons. The topological polar surface area (TPSA) is 62.2 Å². The zero-order valence-electron chi connectivity index (χ0n) is 19.4. The fourth-order valence-electron chi connectivity index (χ4n) is 4.26. The summed E-state index contributed by atoms with van der Waals surface area (Å²) in [6, 6.07) is 16.0. The van der Waals surface area contributed by atoms with Crippen LogP contribution >= 0.6 is 0 Å². The number of amidine groups is 1. The number of hydrogen-bond acceptors (Lipinski definition) is 5. The molecule has 2 heterocycles. The molecule has 8 heteroatoms. The number of ether oxygens (including phenoxy) is 1. The molecule has 2 aliphatic rings. The molecule has 0 spiro atoms. The third-order valence-electron chi connectivity index (χ3n) is 6.26. The van der Waals surface area contributed by atoms with Gasteiger partial charge in [0.25, 0.3) is 0 Å². The van der Waals surface area contributed by atoms with E-state index in [0.29, 0.717) is 24.4 Å². The van der Waals surface area contributed by atoms with E-state index in [9.17, 15) is 12.8 Å². The summed E-state index contributed by atoms with van der Waals surface area (Å²) in [6.07, 6.45) is 0. The molecule has 3 aromatic rings. The van der Waals surface area contributed by atoms with Crippen molar-refractivity contribution in [2.45, 2.75) is 25.7 Å². The molecule has 6 nitrogen and oxygen atoms in total. The average Bonchev–Trinajstić information content (AvgIpc) is 2.97. The lowest BCUT2D eigenvalue weighted by atomic mass is 10.1. The maximum Gasteiger partial charge on any atom is 0.243 e. The maximum atomic E-state index is 14.0. The predicted octanol–water partition coefficient (Wildman–Crippen LogP) is 4.94. The molecule has 0 amide bonds. The monoisotopic (exact) mass is 479 g/mol. The zero-order valence-corrected chi connectivity index (χ0v) is 20.2. The first-order chi connectivity index (χ1) is 16.2. The fraction of sp³-hybridized carbons (Fsp3) is 0.269. The number of hydrogen-bond donors (Lipinski definition) is 0. The Morgan fingerprint density at radius 2 is 1.56 bits per heavy atom. The van der Waals surface area contributed by atoms with Crippen LogP contribution < -0.4 is 4.74 Å². The van der Waals surface area contributed by atoms with E-state index in [0.717, 1.165) is 40.0 Å². The molecule has 0 bridgehead atoms. The first-order valence-electron chi connectivity index (χ1n) is 11.2. The van der Waals surface area contributed by atoms with Gasteiger partial charge in [-0.3, -0.25) is 0 Å². The van der Waals surface area contributed by atoms with Gasteiger partial charge in [0, 0.05) is 26.2 Å². The van der Waals surface area contributed by atoms with Gasteiger partial charge >= 0.3 is 0 Å². The van der Waals surface area contributed by atoms with Crippen LogP contribution in [0.5, 0.6) is 11.5 Å². The number of halogens is 1. The number of sulfonamides is 1. The van der Waals surface area contributed by atoms with E-state index in [4.69, 9.17) is 9.73 Å². The van der Waals surface area contributed by atoms with Gasteiger partial charge < -0.3 is 9.64 Å². The SMILES string of the molecule is Cc1ccc2c(c1)Oc1ccc(C)cc1C(N1CCN(S(=O)(=O)c3ccc(C)c(F)c3)CC1)=N2. The van der Waals surface area contributed by atoms with Gasteiger partial charge in [-0.2, -0.15) is 4.31 Å². The Kier molecular flexibility index (Phi) is 5.65. The standard InChI is InChI=1S/C26H26FN3O3S/c1-17-5-9-24-21(14-17)26(28-23-8-4-18(2)15-25(23)33-24)29-10-12-30(13-11-29)34(31,32)20-7-6-19(3)22(27)16-20/h4-9,14-16H,10-13H2,1-3H3. The normalized spacial score (nSPS) is 16.2. The quantitative estimate of drug-likeness (QED) is 0.522. The highest BCUT2D eigenvalue weighted by Crippen LogP contribution is 2.39. The molecule has 34 heavy (non-hydrogen) atoms. The van der Waals surface area contributed by atoms with Crippen LogP contribution in [0.3, 0.4) is 0 Å². The second kappa shape index (κ2) is 8.52. The minimum atomic E-state index is -3.78. The van der Waals surface area contributed by atoms with E-state index in [1.807, 2.05) is 50.2 Å². The highest BCUT2D eigenvalue weighted by atomic mass is 32.2. The third kappa shape index (κ3) is 4.08. The smallest absolute Gasteiger partial charge is 0.243 e. The van der Waals surface area contributed by atoms with E-state index in [-0.39, 0.29) is 18.0 Å². The average molecular weight is 480 g/mol. The number of fused-ring (bicyclic) bond motifs is 2. The molecule has 0 atom stereocenters. The van der Waals surface area contributed by atoms with Crippen LogP contribution in [0.2, 0.25) is 0 Å². The summed E-state index contributed by atoms with van der Waals surface area (Å²) in [4.78, 5) is 7.03. The van der Waals surface area contributed by atoms with Gasteiger partial charge in [-0.05, 0) is 68.3 Å². The molecule has 0 saturated carbocycles. The van der Waals surface area contributed by atoms with Crippen LogP contribution in [0.15, 0.2) is 64.5 Å². The predicted molar refractivity (Wildman–Crippen MR) is 130 cm³/mol. The number of nitrogens with zero attached hydrogens (tertiary/aromatic N) is 3. The number of aliphatic imine (C=N–C) groups is 1. The van der Waals surface area contributed by atoms with Crippen LogP contribution in [0.4, 0.5) is 10.1 Å². The molecule has 2 aliphatic heterocycles. The first-order valence-corrected chi connectivity index (χ1v) is 12.7. The summed E-state index contributed by atoms with van der Waals surface area (Å²) in [5.74, 6) is 1.66. The van der Waals surface area contributed by atoms with Gasteiger partial charge in [0.15, 0.2) is 5.75 Å². The molecule has 1 fully saturated rings.